The highest BCUT2D eigenvalue weighted by molar-refractivity contribution is 5.67. The van der Waals surface area contributed by atoms with Crippen LogP contribution < -0.4 is 5.32 Å². The number of benzene rings is 2. The van der Waals surface area contributed by atoms with Crippen LogP contribution in [0.15, 0.2) is 54.6 Å². The third kappa shape index (κ3) is 6.05. The van der Waals surface area contributed by atoms with E-state index < -0.39 is 18.3 Å². The van der Waals surface area contributed by atoms with E-state index in [4.69, 9.17) is 4.74 Å². The van der Waals surface area contributed by atoms with Crippen molar-refractivity contribution in [1.29, 1.82) is 0 Å². The molecule has 2 rings (SSSR count). The van der Waals surface area contributed by atoms with Crippen molar-refractivity contribution >= 4 is 6.09 Å². The number of carbonyl (C=O) groups is 1. The normalized spacial score (nSPS) is 12.4. The molecule has 4 nitrogen and oxygen atoms in total. The highest BCUT2D eigenvalue weighted by Crippen LogP contribution is 2.22. The highest BCUT2D eigenvalue weighted by Gasteiger charge is 2.21. The molecule has 0 saturated carbocycles. The molecule has 0 aliphatic rings. The van der Waals surface area contributed by atoms with Crippen molar-refractivity contribution in [2.24, 2.45) is 0 Å². The number of nitrogens with one attached hydrogen (secondary N) is 1. The van der Waals surface area contributed by atoms with Gasteiger partial charge in [-0.3, -0.25) is 0 Å². The fraction of sp³-hybridized carbons (Fsp3) is 0.350. The minimum absolute atomic E-state index is 0.396. The van der Waals surface area contributed by atoms with Crippen molar-refractivity contribution in [3.05, 3.63) is 71.3 Å². The minimum atomic E-state index is -0.844. The number of hydrogen-bond donors (Lipinski definition) is 2. The molecule has 130 valence electrons. The van der Waals surface area contributed by atoms with E-state index in [1.807, 2.05) is 75.4 Å². The average molecular weight is 329 g/mol. The van der Waals surface area contributed by atoms with Crippen LogP contribution in [0.2, 0.25) is 0 Å². The van der Waals surface area contributed by atoms with Crippen molar-refractivity contribution < 1.29 is 14.6 Å². The summed E-state index contributed by atoms with van der Waals surface area (Å²) in [7, 11) is 0. The molecule has 0 bridgehead atoms. The number of carbonyl (C=O) groups excluding carboxylic acids is 1. The number of aliphatic hydroxyl groups is 1. The quantitative estimate of drug-likeness (QED) is 0.856. The van der Waals surface area contributed by atoms with E-state index in [1.54, 1.807) is 6.92 Å². The van der Waals surface area contributed by atoms with Gasteiger partial charge in [0, 0.05) is 6.54 Å². The summed E-state index contributed by atoms with van der Waals surface area (Å²) in [4.78, 5) is 11.8. The molecule has 24 heavy (non-hydrogen) atoms. The lowest BCUT2D eigenvalue weighted by atomic mass is 10.0. The van der Waals surface area contributed by atoms with Crippen LogP contribution >= 0.6 is 0 Å². The number of aryl methyl sites for hydroxylation is 1. The van der Waals surface area contributed by atoms with Crippen LogP contribution in [0.4, 0.5) is 4.79 Å². The van der Waals surface area contributed by atoms with Gasteiger partial charge in [0.2, 0.25) is 0 Å². The second-order valence-electron chi connectivity index (χ2n) is 5.25. The van der Waals surface area contributed by atoms with Crippen molar-refractivity contribution in [2.45, 2.75) is 46.4 Å². The Labute approximate surface area is 144 Å². The Bertz CT molecular complexity index is 613. The lowest BCUT2D eigenvalue weighted by Crippen LogP contribution is -2.30. The van der Waals surface area contributed by atoms with Crippen LogP contribution in [0.3, 0.4) is 0 Å². The Hall–Kier alpha value is -2.33. The van der Waals surface area contributed by atoms with Gasteiger partial charge in [0.15, 0.2) is 0 Å². The van der Waals surface area contributed by atoms with E-state index in [2.05, 4.69) is 5.32 Å². The van der Waals surface area contributed by atoms with Gasteiger partial charge in [-0.05, 0) is 30.5 Å². The van der Waals surface area contributed by atoms with Crippen molar-refractivity contribution in [2.75, 3.05) is 0 Å². The van der Waals surface area contributed by atoms with Gasteiger partial charge < -0.3 is 15.2 Å². The summed E-state index contributed by atoms with van der Waals surface area (Å²) in [6, 6.07) is 17.1. The second kappa shape index (κ2) is 10.4. The molecule has 0 heterocycles. The summed E-state index contributed by atoms with van der Waals surface area (Å²) in [6.45, 7) is 7.99. The molecule has 0 fully saturated rings. The first kappa shape index (κ1) is 19.7. The predicted octanol–water partition coefficient (Wildman–Crippen LogP) is 4.37. The summed E-state index contributed by atoms with van der Waals surface area (Å²) in [5.74, 6) is 0. The molecule has 2 aromatic carbocycles. The summed E-state index contributed by atoms with van der Waals surface area (Å²) in [5, 5.41) is 13.0. The van der Waals surface area contributed by atoms with Gasteiger partial charge in [-0.25, -0.2) is 4.79 Å². The zero-order valence-electron chi connectivity index (χ0n) is 14.8. The molecule has 0 aliphatic carbocycles. The molecule has 4 heteroatoms. The summed E-state index contributed by atoms with van der Waals surface area (Å²) < 4.78 is 5.24. The van der Waals surface area contributed by atoms with Crippen molar-refractivity contribution in [1.82, 2.24) is 5.32 Å². The van der Waals surface area contributed by atoms with E-state index in [9.17, 15) is 9.90 Å². The maximum Gasteiger partial charge on any atom is 0.407 e. The zero-order chi connectivity index (χ0) is 17.9. The Morgan fingerprint density at radius 1 is 1.08 bits per heavy atom. The molecule has 2 N–H and O–H groups in total. The van der Waals surface area contributed by atoms with Gasteiger partial charge in [0.25, 0.3) is 0 Å². The van der Waals surface area contributed by atoms with Crippen LogP contribution in [0.1, 0.15) is 43.6 Å². The molecule has 0 saturated heterocycles. The van der Waals surface area contributed by atoms with Crippen molar-refractivity contribution in [3.8, 4) is 0 Å². The van der Waals surface area contributed by atoms with E-state index in [0.29, 0.717) is 6.54 Å². The fourth-order valence-corrected chi connectivity index (χ4v) is 2.22. The number of hydrogen-bond acceptors (Lipinski definition) is 3. The highest BCUT2D eigenvalue weighted by atomic mass is 16.6. The smallest absolute Gasteiger partial charge is 0.407 e. The maximum absolute atomic E-state index is 11.8. The van der Waals surface area contributed by atoms with Crippen LogP contribution in [0, 0.1) is 6.92 Å². The zero-order valence-corrected chi connectivity index (χ0v) is 14.8. The summed E-state index contributed by atoms with van der Waals surface area (Å²) in [6.07, 6.45) is -2.01. The molecular formula is C20H27NO3. The van der Waals surface area contributed by atoms with Gasteiger partial charge in [0.05, 0.1) is 0 Å². The van der Waals surface area contributed by atoms with Gasteiger partial charge in [-0.2, -0.15) is 0 Å². The van der Waals surface area contributed by atoms with E-state index in [0.717, 1.165) is 16.7 Å². The van der Waals surface area contributed by atoms with Gasteiger partial charge in [-0.1, -0.05) is 68.4 Å². The first-order chi connectivity index (χ1) is 11.6. The van der Waals surface area contributed by atoms with Crippen LogP contribution in [-0.2, 0) is 11.3 Å². The molecular weight excluding hydrogens is 302 g/mol. The topological polar surface area (TPSA) is 58.6 Å². The molecule has 2 aromatic rings. The monoisotopic (exact) mass is 329 g/mol. The number of aliphatic hydroxyl groups excluding tert-OH is 1. The predicted molar refractivity (Wildman–Crippen MR) is 96.7 cm³/mol. The van der Waals surface area contributed by atoms with Gasteiger partial charge >= 0.3 is 6.09 Å². The Morgan fingerprint density at radius 2 is 1.67 bits per heavy atom. The lowest BCUT2D eigenvalue weighted by molar-refractivity contribution is 0.0114. The number of alkyl carbamates (subject to hydrolysis) is 1. The average Bonchev–Trinajstić information content (AvgIpc) is 2.62. The fourth-order valence-electron chi connectivity index (χ4n) is 2.22. The largest absolute Gasteiger partial charge is 0.443 e. The summed E-state index contributed by atoms with van der Waals surface area (Å²) >= 11 is 0. The first-order valence-corrected chi connectivity index (χ1v) is 8.30. The number of rotatable bonds is 5. The standard InChI is InChI=1S/C18H21NO3.C2H6/c1-13-8-6-7-11-16(13)17(20)14(2)22-18(21)19-12-15-9-4-3-5-10-15;1-2/h3-11,14,17,20H,12H2,1-2H3,(H,19,21);1-2H3. The van der Waals surface area contributed by atoms with E-state index >= 15 is 0 Å². The van der Waals surface area contributed by atoms with E-state index in [1.165, 1.54) is 0 Å². The molecule has 0 radical (unpaired) electrons. The third-order valence-electron chi connectivity index (χ3n) is 3.52. The van der Waals surface area contributed by atoms with E-state index in [-0.39, 0.29) is 0 Å². The molecule has 0 aliphatic heterocycles. The van der Waals surface area contributed by atoms with Crippen molar-refractivity contribution in [3.63, 3.8) is 0 Å². The van der Waals surface area contributed by atoms with Gasteiger partial charge in [0.1, 0.15) is 12.2 Å². The Morgan fingerprint density at radius 3 is 2.29 bits per heavy atom. The number of amides is 1. The third-order valence-corrected chi connectivity index (χ3v) is 3.52. The molecule has 0 aromatic heterocycles. The summed E-state index contributed by atoms with van der Waals surface area (Å²) in [5.41, 5.74) is 2.73. The molecule has 2 unspecified atom stereocenters. The van der Waals surface area contributed by atoms with Gasteiger partial charge in [-0.15, -0.1) is 0 Å². The molecule has 1 amide bonds. The van der Waals surface area contributed by atoms with Crippen LogP contribution in [0.5, 0.6) is 0 Å². The maximum atomic E-state index is 11.8. The Balaban J connectivity index is 0.00000139. The number of ether oxygens (including phenoxy) is 1. The SMILES string of the molecule is CC.Cc1ccccc1C(O)C(C)OC(=O)NCc1ccccc1. The minimum Gasteiger partial charge on any atom is -0.443 e. The molecule has 0 spiro atoms. The lowest BCUT2D eigenvalue weighted by Gasteiger charge is -2.21. The second-order valence-corrected chi connectivity index (χ2v) is 5.25. The first-order valence-electron chi connectivity index (χ1n) is 8.30. The van der Waals surface area contributed by atoms with Crippen LogP contribution in [0.25, 0.3) is 0 Å². The molecule has 2 atom stereocenters. The van der Waals surface area contributed by atoms with Crippen LogP contribution in [-0.4, -0.2) is 17.3 Å². The Kier molecular flexibility index (Phi) is 8.58.